The van der Waals surface area contributed by atoms with Gasteiger partial charge in [-0.2, -0.15) is 0 Å². The van der Waals surface area contributed by atoms with Gasteiger partial charge in [-0.1, -0.05) is 36.4 Å². The third-order valence-corrected chi connectivity index (χ3v) is 9.38. The fourth-order valence-corrected chi connectivity index (χ4v) is 7.07. The molecule has 0 spiro atoms. The number of carbonyl (C=O) groups excluding carboxylic acids is 2. The van der Waals surface area contributed by atoms with Gasteiger partial charge in [-0.15, -0.1) is 0 Å². The molecule has 0 bridgehead atoms. The number of benzene rings is 2. The first-order valence-corrected chi connectivity index (χ1v) is 15.4. The Kier molecular flexibility index (Phi) is 7.53. The molecule has 4 heterocycles. The second kappa shape index (κ2) is 11.7. The number of nitrogens with zero attached hydrogens (tertiary/aromatic N) is 2. The summed E-state index contributed by atoms with van der Waals surface area (Å²) in [6.45, 7) is 3.55. The summed E-state index contributed by atoms with van der Waals surface area (Å²) >= 11 is 0. The number of rotatable bonds is 6. The van der Waals surface area contributed by atoms with E-state index in [1.807, 2.05) is 46.2 Å². The fourth-order valence-electron chi connectivity index (χ4n) is 7.07. The van der Waals surface area contributed by atoms with Crippen molar-refractivity contribution >= 4 is 24.0 Å². The molecule has 3 fully saturated rings. The van der Waals surface area contributed by atoms with E-state index in [1.54, 1.807) is 0 Å². The molecule has 1 saturated carbocycles. The summed E-state index contributed by atoms with van der Waals surface area (Å²) in [5.74, 6) is 2.21. The summed E-state index contributed by atoms with van der Waals surface area (Å²) in [4.78, 5) is 32.3. The molecule has 0 aromatic heterocycles. The van der Waals surface area contributed by atoms with Crippen molar-refractivity contribution in [1.82, 2.24) is 9.80 Å². The highest BCUT2D eigenvalue weighted by Crippen LogP contribution is 2.51. The van der Waals surface area contributed by atoms with Gasteiger partial charge in [-0.25, -0.2) is 0 Å². The summed E-state index contributed by atoms with van der Waals surface area (Å²) in [7, 11) is 0. The Labute approximate surface area is 246 Å². The number of hydrogen-bond acceptors (Lipinski definition) is 6. The maximum absolute atomic E-state index is 14.1. The molecule has 2 aromatic carbocycles. The SMILES string of the molecule is O=C([C@H]1[C@H](/C=C/c2ccc3c(c2)OCO3)[C@@H](/C=C/c2ccc3c(c2)OCO3)[C@@H]1C(=O)N1CCCCC1)N1CCCCC1. The summed E-state index contributed by atoms with van der Waals surface area (Å²) in [6, 6.07) is 11.8. The van der Waals surface area contributed by atoms with E-state index in [9.17, 15) is 9.59 Å². The minimum Gasteiger partial charge on any atom is -0.454 e. The maximum Gasteiger partial charge on any atom is 0.231 e. The molecule has 0 N–H and O–H groups in total. The zero-order valence-corrected chi connectivity index (χ0v) is 23.9. The van der Waals surface area contributed by atoms with Crippen LogP contribution < -0.4 is 18.9 Å². The number of fused-ring (bicyclic) bond motifs is 2. The largest absolute Gasteiger partial charge is 0.454 e. The highest BCUT2D eigenvalue weighted by Gasteiger charge is 2.56. The molecule has 8 nitrogen and oxygen atoms in total. The first-order chi connectivity index (χ1) is 20.7. The van der Waals surface area contributed by atoms with Crippen LogP contribution in [-0.2, 0) is 9.59 Å². The smallest absolute Gasteiger partial charge is 0.231 e. The normalized spacial score (nSPS) is 26.6. The quantitative estimate of drug-likeness (QED) is 0.465. The van der Waals surface area contributed by atoms with E-state index >= 15 is 0 Å². The van der Waals surface area contributed by atoms with Crippen molar-refractivity contribution in [3.05, 3.63) is 59.7 Å². The van der Waals surface area contributed by atoms with Gasteiger partial charge in [0, 0.05) is 26.2 Å². The Balaban J connectivity index is 1.22. The van der Waals surface area contributed by atoms with Crippen LogP contribution in [0.5, 0.6) is 23.0 Å². The van der Waals surface area contributed by atoms with Crippen LogP contribution in [0, 0.1) is 23.7 Å². The van der Waals surface area contributed by atoms with E-state index in [1.165, 1.54) is 0 Å². The number of hydrogen-bond donors (Lipinski definition) is 0. The monoisotopic (exact) mass is 570 g/mol. The van der Waals surface area contributed by atoms with Crippen LogP contribution in [0.2, 0.25) is 0 Å². The highest BCUT2D eigenvalue weighted by atomic mass is 16.7. The van der Waals surface area contributed by atoms with E-state index < -0.39 is 0 Å². The average molecular weight is 571 g/mol. The molecule has 1 aliphatic carbocycles. The molecule has 4 aliphatic heterocycles. The lowest BCUT2D eigenvalue weighted by atomic mass is 9.55. The van der Waals surface area contributed by atoms with Gasteiger partial charge < -0.3 is 28.7 Å². The molecule has 0 unspecified atom stereocenters. The summed E-state index contributed by atoms with van der Waals surface area (Å²) in [5, 5.41) is 0. The second-order valence-corrected chi connectivity index (χ2v) is 11.9. The van der Waals surface area contributed by atoms with Crippen molar-refractivity contribution in [2.45, 2.75) is 38.5 Å². The van der Waals surface area contributed by atoms with E-state index in [4.69, 9.17) is 18.9 Å². The summed E-state index contributed by atoms with van der Waals surface area (Å²) in [6.07, 6.45) is 14.8. The first-order valence-electron chi connectivity index (χ1n) is 15.4. The number of carbonyl (C=O) groups is 2. The highest BCUT2D eigenvalue weighted by molar-refractivity contribution is 5.91. The van der Waals surface area contributed by atoms with Crippen molar-refractivity contribution in [1.29, 1.82) is 0 Å². The average Bonchev–Trinajstić information content (AvgIpc) is 3.70. The van der Waals surface area contributed by atoms with Crippen molar-refractivity contribution in [2.24, 2.45) is 23.7 Å². The van der Waals surface area contributed by atoms with Crippen molar-refractivity contribution in [2.75, 3.05) is 39.8 Å². The number of allylic oxidation sites excluding steroid dienone is 2. The van der Waals surface area contributed by atoms with Crippen LogP contribution in [0.3, 0.4) is 0 Å². The molecule has 5 aliphatic rings. The molecule has 42 heavy (non-hydrogen) atoms. The zero-order chi connectivity index (χ0) is 28.5. The van der Waals surface area contributed by atoms with Crippen LogP contribution in [0.25, 0.3) is 12.2 Å². The second-order valence-electron chi connectivity index (χ2n) is 11.9. The summed E-state index contributed by atoms with van der Waals surface area (Å²) < 4.78 is 22.1. The number of ether oxygens (including phenoxy) is 4. The van der Waals surface area contributed by atoms with Gasteiger partial charge in [0.25, 0.3) is 0 Å². The molecule has 4 atom stereocenters. The van der Waals surface area contributed by atoms with Gasteiger partial charge in [0.2, 0.25) is 25.4 Å². The molecule has 2 amide bonds. The van der Waals surface area contributed by atoms with Crippen molar-refractivity contribution in [3.8, 4) is 23.0 Å². The Bertz CT molecular complexity index is 1280. The molecule has 2 saturated heterocycles. The van der Waals surface area contributed by atoms with Crippen LogP contribution in [-0.4, -0.2) is 61.4 Å². The van der Waals surface area contributed by atoms with Gasteiger partial charge in [0.15, 0.2) is 23.0 Å². The molecule has 2 aromatic rings. The number of piperidine rings is 2. The topological polar surface area (TPSA) is 77.5 Å². The van der Waals surface area contributed by atoms with Crippen LogP contribution >= 0.6 is 0 Å². The van der Waals surface area contributed by atoms with E-state index in [0.29, 0.717) is 0 Å². The predicted molar refractivity (Wildman–Crippen MR) is 158 cm³/mol. The zero-order valence-electron chi connectivity index (χ0n) is 23.9. The summed E-state index contributed by atoms with van der Waals surface area (Å²) in [5.41, 5.74) is 1.96. The van der Waals surface area contributed by atoms with Crippen LogP contribution in [0.4, 0.5) is 0 Å². The number of amides is 2. The van der Waals surface area contributed by atoms with Gasteiger partial charge in [-0.05, 0) is 85.8 Å². The lowest BCUT2D eigenvalue weighted by molar-refractivity contribution is -0.161. The standard InChI is InChI=1S/C34H38N2O6/c37-33(35-15-3-1-4-16-35)31-25(11-7-23-9-13-27-29(19-23)41-21-39-27)26(32(31)34(38)36-17-5-2-6-18-36)12-8-24-10-14-28-30(20-24)42-22-40-28/h7-14,19-20,25-26,31-32H,1-6,15-18,21-22H2/b11-7+,12-8+/t25-,26-,31+,32+/m1/s1. The van der Waals surface area contributed by atoms with Crippen molar-refractivity contribution in [3.63, 3.8) is 0 Å². The van der Waals surface area contributed by atoms with Gasteiger partial charge >= 0.3 is 0 Å². The van der Waals surface area contributed by atoms with Crippen LogP contribution in [0.15, 0.2) is 48.6 Å². The molecule has 220 valence electrons. The number of likely N-dealkylation sites (tertiary alicyclic amines) is 2. The van der Waals surface area contributed by atoms with E-state index in [-0.39, 0.29) is 49.1 Å². The lowest BCUT2D eigenvalue weighted by Gasteiger charge is -2.51. The van der Waals surface area contributed by atoms with Gasteiger partial charge in [-0.3, -0.25) is 9.59 Å². The van der Waals surface area contributed by atoms with Crippen LogP contribution in [0.1, 0.15) is 49.7 Å². The van der Waals surface area contributed by atoms with Gasteiger partial charge in [0.1, 0.15) is 0 Å². The Morgan fingerprint density at radius 1 is 0.571 bits per heavy atom. The maximum atomic E-state index is 14.1. The lowest BCUT2D eigenvalue weighted by Crippen LogP contribution is -2.60. The third-order valence-electron chi connectivity index (χ3n) is 9.38. The fraction of sp³-hybridized carbons (Fsp3) is 0.471. The molecule has 8 heteroatoms. The predicted octanol–water partition coefficient (Wildman–Crippen LogP) is 5.37. The molecular formula is C34H38N2O6. The third kappa shape index (κ3) is 5.23. The first kappa shape index (κ1) is 26.9. The van der Waals surface area contributed by atoms with E-state index in [0.717, 1.165) is 98.8 Å². The Hall–Kier alpha value is -3.94. The Morgan fingerprint density at radius 2 is 0.976 bits per heavy atom. The van der Waals surface area contributed by atoms with Crippen molar-refractivity contribution < 1.29 is 28.5 Å². The van der Waals surface area contributed by atoms with E-state index in [2.05, 4.69) is 24.3 Å². The Morgan fingerprint density at radius 3 is 1.40 bits per heavy atom. The molecule has 0 radical (unpaired) electrons. The molecule has 7 rings (SSSR count). The minimum atomic E-state index is -0.380. The van der Waals surface area contributed by atoms with Gasteiger partial charge in [0.05, 0.1) is 11.8 Å². The molecular weight excluding hydrogens is 532 g/mol. The minimum absolute atomic E-state index is 0.103.